The predicted molar refractivity (Wildman–Crippen MR) is 103 cm³/mol. The third kappa shape index (κ3) is 2.72. The molecule has 5 heterocycles. The van der Waals surface area contributed by atoms with E-state index >= 15 is 0 Å². The summed E-state index contributed by atoms with van der Waals surface area (Å²) >= 11 is 0. The van der Waals surface area contributed by atoms with Gasteiger partial charge in [0.2, 0.25) is 0 Å². The lowest BCUT2D eigenvalue weighted by Gasteiger charge is -2.32. The van der Waals surface area contributed by atoms with Gasteiger partial charge in [0.25, 0.3) is 11.5 Å². The molecule has 1 aliphatic rings. The molecule has 29 heavy (non-hydrogen) atoms. The van der Waals surface area contributed by atoms with Gasteiger partial charge in [-0.05, 0) is 19.1 Å². The minimum atomic E-state index is -0.378. The summed E-state index contributed by atoms with van der Waals surface area (Å²) in [5.41, 5.74) is 1.04. The van der Waals surface area contributed by atoms with Crippen LogP contribution in [0.5, 0.6) is 0 Å². The van der Waals surface area contributed by atoms with Crippen LogP contribution in [0, 0.1) is 0 Å². The Bertz CT molecular complexity index is 1300. The van der Waals surface area contributed by atoms with Crippen LogP contribution in [0.25, 0.3) is 17.0 Å². The maximum absolute atomic E-state index is 13.1. The Hall–Kier alpha value is -3.82. The standard InChI is InChI=1S/C19H18N8O2/c1-12-9-25(11-16-22-23-17(27(12)16)13-7-21-24(2)10-13)18(28)14-8-20-15-5-3-4-6-26(15)19(14)29/h3-8,10,12H,9,11H2,1-2H3/t12-/m0/s1. The van der Waals surface area contributed by atoms with Crippen LogP contribution in [-0.4, -0.2) is 51.3 Å². The van der Waals surface area contributed by atoms with Gasteiger partial charge in [0.1, 0.15) is 11.2 Å². The number of nitrogens with zero attached hydrogens (tertiary/aromatic N) is 8. The first-order valence-corrected chi connectivity index (χ1v) is 9.21. The number of fused-ring (bicyclic) bond motifs is 2. The van der Waals surface area contributed by atoms with Gasteiger partial charge in [-0.25, -0.2) is 4.98 Å². The van der Waals surface area contributed by atoms with E-state index in [1.54, 1.807) is 40.2 Å². The molecule has 0 fully saturated rings. The summed E-state index contributed by atoms with van der Waals surface area (Å²) in [5, 5.41) is 12.8. The van der Waals surface area contributed by atoms with Gasteiger partial charge in [-0.2, -0.15) is 5.10 Å². The van der Waals surface area contributed by atoms with Crippen LogP contribution in [0.4, 0.5) is 0 Å². The van der Waals surface area contributed by atoms with Crippen LogP contribution in [0.3, 0.4) is 0 Å². The van der Waals surface area contributed by atoms with Crippen molar-refractivity contribution in [3.8, 4) is 11.4 Å². The second kappa shape index (κ2) is 6.36. The molecule has 0 radical (unpaired) electrons. The monoisotopic (exact) mass is 390 g/mol. The number of hydrogen-bond donors (Lipinski definition) is 0. The van der Waals surface area contributed by atoms with Gasteiger partial charge in [-0.3, -0.25) is 18.7 Å². The van der Waals surface area contributed by atoms with E-state index in [0.717, 1.165) is 11.4 Å². The van der Waals surface area contributed by atoms with E-state index in [0.29, 0.717) is 18.0 Å². The van der Waals surface area contributed by atoms with E-state index in [2.05, 4.69) is 20.3 Å². The van der Waals surface area contributed by atoms with Gasteiger partial charge in [-0.15, -0.1) is 10.2 Å². The smallest absolute Gasteiger partial charge is 0.270 e. The number of rotatable bonds is 2. The number of aryl methyl sites for hydroxylation is 1. The largest absolute Gasteiger partial charge is 0.329 e. The number of aromatic nitrogens is 7. The van der Waals surface area contributed by atoms with Crippen molar-refractivity contribution in [1.29, 1.82) is 0 Å². The van der Waals surface area contributed by atoms with Crippen LogP contribution in [0.15, 0.2) is 47.8 Å². The molecule has 0 spiro atoms. The zero-order valence-electron chi connectivity index (χ0n) is 15.9. The molecule has 10 nitrogen and oxygen atoms in total. The minimum absolute atomic E-state index is 0.0429. The number of amides is 1. The third-order valence-electron chi connectivity index (χ3n) is 5.12. The van der Waals surface area contributed by atoms with Gasteiger partial charge in [0.15, 0.2) is 11.6 Å². The average molecular weight is 390 g/mol. The maximum atomic E-state index is 13.1. The Morgan fingerprint density at radius 1 is 1.21 bits per heavy atom. The summed E-state index contributed by atoms with van der Waals surface area (Å²) in [6.07, 6.45) is 6.58. The summed E-state index contributed by atoms with van der Waals surface area (Å²) in [6.45, 7) is 2.71. The van der Waals surface area contributed by atoms with Gasteiger partial charge < -0.3 is 9.47 Å². The normalized spacial score (nSPS) is 16.2. The Morgan fingerprint density at radius 3 is 2.86 bits per heavy atom. The molecule has 0 saturated heterocycles. The molecule has 0 bridgehead atoms. The second-order valence-electron chi connectivity index (χ2n) is 7.15. The lowest BCUT2D eigenvalue weighted by Crippen LogP contribution is -2.42. The Morgan fingerprint density at radius 2 is 2.07 bits per heavy atom. The van der Waals surface area contributed by atoms with Crippen molar-refractivity contribution in [3.05, 3.63) is 64.7 Å². The van der Waals surface area contributed by atoms with Gasteiger partial charge in [0, 0.05) is 32.2 Å². The van der Waals surface area contributed by atoms with Gasteiger partial charge >= 0.3 is 0 Å². The van der Waals surface area contributed by atoms with Gasteiger partial charge in [-0.1, -0.05) is 6.07 Å². The van der Waals surface area contributed by atoms with Crippen molar-refractivity contribution in [2.75, 3.05) is 6.54 Å². The number of hydrogen-bond acceptors (Lipinski definition) is 6. The van der Waals surface area contributed by atoms with E-state index in [9.17, 15) is 9.59 Å². The fourth-order valence-corrected chi connectivity index (χ4v) is 3.76. The third-order valence-corrected chi connectivity index (χ3v) is 5.12. The number of carbonyl (C=O) groups excluding carboxylic acids is 1. The number of carbonyl (C=O) groups is 1. The molecule has 10 heteroatoms. The van der Waals surface area contributed by atoms with Crippen molar-refractivity contribution < 1.29 is 4.79 Å². The van der Waals surface area contributed by atoms with E-state index in [1.807, 2.05) is 24.7 Å². The Kier molecular flexibility index (Phi) is 3.79. The molecule has 0 saturated carbocycles. The molecular weight excluding hydrogens is 372 g/mol. The van der Waals surface area contributed by atoms with Crippen LogP contribution in [-0.2, 0) is 13.6 Å². The first-order chi connectivity index (χ1) is 14.0. The summed E-state index contributed by atoms with van der Waals surface area (Å²) in [5.74, 6) is 1.04. The summed E-state index contributed by atoms with van der Waals surface area (Å²) < 4.78 is 5.11. The van der Waals surface area contributed by atoms with Crippen molar-refractivity contribution in [1.82, 2.24) is 38.8 Å². The highest BCUT2D eigenvalue weighted by Crippen LogP contribution is 2.27. The fraction of sp³-hybridized carbons (Fsp3) is 0.263. The molecule has 0 unspecified atom stereocenters. The molecule has 1 amide bonds. The molecule has 0 aliphatic carbocycles. The molecule has 146 valence electrons. The molecule has 4 aromatic heterocycles. The molecule has 0 N–H and O–H groups in total. The van der Waals surface area contributed by atoms with Crippen LogP contribution in [0.1, 0.15) is 29.1 Å². The van der Waals surface area contributed by atoms with E-state index in [1.165, 1.54) is 10.6 Å². The topological polar surface area (TPSA) is 103 Å². The fourth-order valence-electron chi connectivity index (χ4n) is 3.76. The zero-order valence-corrected chi connectivity index (χ0v) is 15.9. The van der Waals surface area contributed by atoms with Crippen molar-refractivity contribution in [2.45, 2.75) is 19.5 Å². The highest BCUT2D eigenvalue weighted by molar-refractivity contribution is 5.93. The van der Waals surface area contributed by atoms with Crippen molar-refractivity contribution >= 4 is 11.6 Å². The Labute approximate surface area is 165 Å². The van der Waals surface area contributed by atoms with Crippen molar-refractivity contribution in [2.24, 2.45) is 7.05 Å². The van der Waals surface area contributed by atoms with Gasteiger partial charge in [0.05, 0.1) is 24.3 Å². The number of pyridine rings is 1. The van der Waals surface area contributed by atoms with E-state index < -0.39 is 0 Å². The maximum Gasteiger partial charge on any atom is 0.270 e. The highest BCUT2D eigenvalue weighted by Gasteiger charge is 2.31. The summed E-state index contributed by atoms with van der Waals surface area (Å²) in [7, 11) is 1.84. The highest BCUT2D eigenvalue weighted by atomic mass is 16.2. The SMILES string of the molecule is C[C@H]1CN(C(=O)c2cnc3ccccn3c2=O)Cc2nnc(-c3cnn(C)c3)n21. The predicted octanol–water partition coefficient (Wildman–Crippen LogP) is 0.903. The van der Waals surface area contributed by atoms with E-state index in [-0.39, 0.29) is 29.6 Å². The summed E-state index contributed by atoms with van der Waals surface area (Å²) in [6, 6.07) is 5.20. The quantitative estimate of drug-likeness (QED) is 0.504. The van der Waals surface area contributed by atoms with Crippen LogP contribution >= 0.6 is 0 Å². The molecule has 4 aromatic rings. The first-order valence-electron chi connectivity index (χ1n) is 9.21. The summed E-state index contributed by atoms with van der Waals surface area (Å²) in [4.78, 5) is 31.7. The van der Waals surface area contributed by atoms with Crippen LogP contribution < -0.4 is 5.56 Å². The zero-order chi connectivity index (χ0) is 20.1. The van der Waals surface area contributed by atoms with Crippen LogP contribution in [0.2, 0.25) is 0 Å². The second-order valence-corrected chi connectivity index (χ2v) is 7.15. The molecule has 5 rings (SSSR count). The lowest BCUT2D eigenvalue weighted by molar-refractivity contribution is 0.0679. The molecule has 1 atom stereocenters. The average Bonchev–Trinajstić information content (AvgIpc) is 3.34. The minimum Gasteiger partial charge on any atom is -0.329 e. The van der Waals surface area contributed by atoms with E-state index in [4.69, 9.17) is 0 Å². The lowest BCUT2D eigenvalue weighted by atomic mass is 10.1. The molecular formula is C19H18N8O2. The molecule has 0 aromatic carbocycles. The first kappa shape index (κ1) is 17.3. The Balaban J connectivity index is 1.49. The molecule has 1 aliphatic heterocycles. The van der Waals surface area contributed by atoms with Crippen molar-refractivity contribution in [3.63, 3.8) is 0 Å².